The second-order valence-electron chi connectivity index (χ2n) is 11.1. The van der Waals surface area contributed by atoms with Crippen LogP contribution in [0.2, 0.25) is 0 Å². The largest absolute Gasteiger partial charge is 0.384 e. The van der Waals surface area contributed by atoms with Crippen LogP contribution in [0.5, 0.6) is 0 Å². The van der Waals surface area contributed by atoms with E-state index in [-0.39, 0.29) is 5.78 Å². The SMILES string of the molecule is CCC(C)(C)C(=O)[C@@H]1[C@](C)(c2ccccc2)CC(c2ccccc2)=C[C@@]1(O)C(C)(C)CC. The summed E-state index contributed by atoms with van der Waals surface area (Å²) in [5.74, 6) is -0.395. The van der Waals surface area contributed by atoms with Crippen LogP contribution < -0.4 is 0 Å². The molecular formula is C30H40O2. The summed E-state index contributed by atoms with van der Waals surface area (Å²) in [5, 5.41) is 12.6. The van der Waals surface area contributed by atoms with Crippen LogP contribution in [0, 0.1) is 16.7 Å². The number of hydrogen-bond acceptors (Lipinski definition) is 2. The fraction of sp³-hybridized carbons (Fsp3) is 0.500. The van der Waals surface area contributed by atoms with Crippen LogP contribution in [0.25, 0.3) is 5.57 Å². The summed E-state index contributed by atoms with van der Waals surface area (Å²) >= 11 is 0. The first-order valence-electron chi connectivity index (χ1n) is 12.0. The Labute approximate surface area is 194 Å². The molecule has 32 heavy (non-hydrogen) atoms. The van der Waals surface area contributed by atoms with Gasteiger partial charge in [-0.15, -0.1) is 0 Å². The minimum absolute atomic E-state index is 0.152. The van der Waals surface area contributed by atoms with Gasteiger partial charge in [0.05, 0.1) is 11.5 Å². The topological polar surface area (TPSA) is 37.3 Å². The number of benzene rings is 2. The Kier molecular flexibility index (Phi) is 6.60. The van der Waals surface area contributed by atoms with Gasteiger partial charge in [-0.05, 0) is 47.5 Å². The molecule has 0 bridgehead atoms. The average Bonchev–Trinajstić information content (AvgIpc) is 2.79. The Morgan fingerprint density at radius 2 is 1.47 bits per heavy atom. The van der Waals surface area contributed by atoms with Gasteiger partial charge in [0.25, 0.3) is 0 Å². The van der Waals surface area contributed by atoms with E-state index in [2.05, 4.69) is 58.9 Å². The van der Waals surface area contributed by atoms with Crippen molar-refractivity contribution in [1.82, 2.24) is 0 Å². The summed E-state index contributed by atoms with van der Waals surface area (Å²) in [6, 6.07) is 20.6. The highest BCUT2D eigenvalue weighted by atomic mass is 16.3. The summed E-state index contributed by atoms with van der Waals surface area (Å²) < 4.78 is 0. The first-order valence-corrected chi connectivity index (χ1v) is 12.0. The van der Waals surface area contributed by atoms with E-state index in [1.807, 2.05) is 56.3 Å². The van der Waals surface area contributed by atoms with Crippen molar-refractivity contribution < 1.29 is 9.90 Å². The van der Waals surface area contributed by atoms with Crippen LogP contribution in [0.3, 0.4) is 0 Å². The monoisotopic (exact) mass is 432 g/mol. The van der Waals surface area contributed by atoms with Gasteiger partial charge < -0.3 is 5.11 Å². The third-order valence-corrected chi connectivity index (χ3v) is 8.39. The van der Waals surface area contributed by atoms with E-state index in [9.17, 15) is 9.90 Å². The van der Waals surface area contributed by atoms with Gasteiger partial charge in [-0.3, -0.25) is 4.79 Å². The number of allylic oxidation sites excluding steroid dienone is 1. The summed E-state index contributed by atoms with van der Waals surface area (Å²) in [7, 11) is 0. The zero-order chi connectivity index (χ0) is 23.8. The number of aliphatic hydroxyl groups is 1. The Morgan fingerprint density at radius 1 is 0.938 bits per heavy atom. The summed E-state index contributed by atoms with van der Waals surface area (Å²) in [4.78, 5) is 14.3. The van der Waals surface area contributed by atoms with Crippen molar-refractivity contribution in [2.24, 2.45) is 16.7 Å². The lowest BCUT2D eigenvalue weighted by molar-refractivity contribution is -0.155. The van der Waals surface area contributed by atoms with Crippen LogP contribution in [-0.2, 0) is 10.2 Å². The first kappa shape index (κ1) is 24.5. The highest BCUT2D eigenvalue weighted by Crippen LogP contribution is 2.57. The molecule has 2 aromatic carbocycles. The van der Waals surface area contributed by atoms with Crippen LogP contribution in [0.15, 0.2) is 66.7 Å². The highest BCUT2D eigenvalue weighted by molar-refractivity contribution is 5.91. The minimum atomic E-state index is -1.28. The molecule has 2 heteroatoms. The van der Waals surface area contributed by atoms with E-state index in [0.717, 1.165) is 29.5 Å². The fourth-order valence-electron chi connectivity index (χ4n) is 5.23. The number of carbonyl (C=O) groups is 1. The van der Waals surface area contributed by atoms with Gasteiger partial charge in [0, 0.05) is 10.8 Å². The molecule has 0 radical (unpaired) electrons. The molecule has 2 aromatic rings. The first-order chi connectivity index (χ1) is 14.9. The molecule has 0 fully saturated rings. The zero-order valence-electron chi connectivity index (χ0n) is 20.9. The highest BCUT2D eigenvalue weighted by Gasteiger charge is 2.61. The van der Waals surface area contributed by atoms with Crippen molar-refractivity contribution in [3.05, 3.63) is 77.9 Å². The predicted molar refractivity (Wildman–Crippen MR) is 134 cm³/mol. The number of rotatable bonds is 7. The number of Topliss-reactive ketones (excluding diaryl/α,β-unsaturated/α-hetero) is 1. The summed E-state index contributed by atoms with van der Waals surface area (Å²) in [6.45, 7) is 14.6. The molecule has 3 rings (SSSR count). The van der Waals surface area contributed by atoms with Gasteiger partial charge in [-0.2, -0.15) is 0 Å². The number of ketones is 1. The van der Waals surface area contributed by atoms with E-state index in [4.69, 9.17) is 0 Å². The predicted octanol–water partition coefficient (Wildman–Crippen LogP) is 7.22. The van der Waals surface area contributed by atoms with E-state index in [0.29, 0.717) is 6.42 Å². The van der Waals surface area contributed by atoms with Crippen LogP contribution >= 0.6 is 0 Å². The van der Waals surface area contributed by atoms with Gasteiger partial charge in [-0.25, -0.2) is 0 Å². The van der Waals surface area contributed by atoms with Crippen LogP contribution in [0.1, 0.15) is 78.9 Å². The maximum atomic E-state index is 14.3. The summed E-state index contributed by atoms with van der Waals surface area (Å²) in [6.07, 6.45) is 4.25. The zero-order valence-corrected chi connectivity index (χ0v) is 20.9. The van der Waals surface area contributed by atoms with Gasteiger partial charge in [-0.1, -0.05) is 109 Å². The molecule has 0 aliphatic heterocycles. The van der Waals surface area contributed by atoms with Crippen molar-refractivity contribution in [3.63, 3.8) is 0 Å². The molecule has 3 atom stereocenters. The lowest BCUT2D eigenvalue weighted by atomic mass is 9.49. The maximum Gasteiger partial charge on any atom is 0.145 e. The lowest BCUT2D eigenvalue weighted by Crippen LogP contribution is -2.62. The molecule has 172 valence electrons. The Morgan fingerprint density at radius 3 is 1.97 bits per heavy atom. The van der Waals surface area contributed by atoms with E-state index in [1.165, 1.54) is 0 Å². The molecule has 0 unspecified atom stereocenters. The maximum absolute atomic E-state index is 14.3. The minimum Gasteiger partial charge on any atom is -0.384 e. The third kappa shape index (κ3) is 3.99. The molecule has 2 nitrogen and oxygen atoms in total. The molecule has 0 amide bonds. The van der Waals surface area contributed by atoms with Crippen molar-refractivity contribution in [3.8, 4) is 0 Å². The molecule has 1 N–H and O–H groups in total. The Balaban J connectivity index is 2.37. The van der Waals surface area contributed by atoms with Gasteiger partial charge >= 0.3 is 0 Å². The molecular weight excluding hydrogens is 392 g/mol. The molecule has 0 aromatic heterocycles. The second kappa shape index (κ2) is 8.63. The van der Waals surface area contributed by atoms with E-state index < -0.39 is 27.8 Å². The smallest absolute Gasteiger partial charge is 0.145 e. The quantitative estimate of drug-likeness (QED) is 0.501. The third-order valence-electron chi connectivity index (χ3n) is 8.39. The van der Waals surface area contributed by atoms with Gasteiger partial charge in [0.2, 0.25) is 0 Å². The molecule has 1 aliphatic carbocycles. The average molecular weight is 433 g/mol. The number of carbonyl (C=O) groups excluding carboxylic acids is 1. The number of hydrogen-bond donors (Lipinski definition) is 1. The van der Waals surface area contributed by atoms with Crippen molar-refractivity contribution in [2.75, 3.05) is 0 Å². The van der Waals surface area contributed by atoms with E-state index in [1.54, 1.807) is 0 Å². The normalized spacial score (nSPS) is 26.5. The van der Waals surface area contributed by atoms with Crippen LogP contribution in [-0.4, -0.2) is 16.5 Å². The Bertz CT molecular complexity index is 970. The molecule has 0 spiro atoms. The molecule has 1 aliphatic rings. The molecule has 0 heterocycles. The fourth-order valence-corrected chi connectivity index (χ4v) is 5.23. The van der Waals surface area contributed by atoms with Crippen LogP contribution in [0.4, 0.5) is 0 Å². The van der Waals surface area contributed by atoms with Gasteiger partial charge in [0.15, 0.2) is 0 Å². The van der Waals surface area contributed by atoms with E-state index >= 15 is 0 Å². The molecule has 0 saturated carbocycles. The lowest BCUT2D eigenvalue weighted by Gasteiger charge is -2.56. The standard InChI is InChI=1S/C30H40O2/c1-8-27(3,4)26(31)25-29(7,24-18-14-11-15-19-24)20-23(22-16-12-10-13-17-22)21-30(25,32)28(5,6)9-2/h10-19,21,25,32H,8-9,20H2,1-7H3/t25-,29+,30+/m1/s1. The van der Waals surface area contributed by atoms with Gasteiger partial charge in [0.1, 0.15) is 5.78 Å². The summed E-state index contributed by atoms with van der Waals surface area (Å²) in [5.41, 5.74) is 0.521. The Hall–Kier alpha value is -2.19. The second-order valence-corrected chi connectivity index (χ2v) is 11.1. The van der Waals surface area contributed by atoms with Crippen molar-refractivity contribution in [1.29, 1.82) is 0 Å². The van der Waals surface area contributed by atoms with Crippen molar-refractivity contribution >= 4 is 11.4 Å². The molecule has 0 saturated heterocycles. The van der Waals surface area contributed by atoms with Crippen molar-refractivity contribution in [2.45, 2.75) is 78.7 Å².